The lowest BCUT2D eigenvalue weighted by molar-refractivity contribution is 0.140. The van der Waals surface area contributed by atoms with Crippen LogP contribution in [0.3, 0.4) is 0 Å². The number of rotatable bonds is 2. The molecule has 5 nitrogen and oxygen atoms in total. The highest BCUT2D eigenvalue weighted by atomic mass is 16.5. The third-order valence-electron chi connectivity index (χ3n) is 5.27. The van der Waals surface area contributed by atoms with Crippen LogP contribution in [-0.4, -0.2) is 55.9 Å². The Labute approximate surface area is 127 Å². The highest BCUT2D eigenvalue weighted by molar-refractivity contribution is 5.74. The van der Waals surface area contributed by atoms with Gasteiger partial charge in [0.15, 0.2) is 0 Å². The van der Waals surface area contributed by atoms with Gasteiger partial charge in [0.25, 0.3) is 0 Å². The van der Waals surface area contributed by atoms with Gasteiger partial charge in [-0.3, -0.25) is 0 Å². The molecule has 0 radical (unpaired) electrons. The van der Waals surface area contributed by atoms with Gasteiger partial charge in [0.05, 0.1) is 0 Å². The van der Waals surface area contributed by atoms with Crippen molar-refractivity contribution >= 4 is 6.03 Å². The molecule has 3 fully saturated rings. The van der Waals surface area contributed by atoms with E-state index in [9.17, 15) is 4.79 Å². The van der Waals surface area contributed by atoms with E-state index in [1.807, 2.05) is 4.90 Å². The van der Waals surface area contributed by atoms with Crippen LogP contribution in [0.5, 0.6) is 0 Å². The summed E-state index contributed by atoms with van der Waals surface area (Å²) in [5, 5.41) is 6.81. The van der Waals surface area contributed by atoms with Crippen LogP contribution in [0.4, 0.5) is 4.79 Å². The first kappa shape index (κ1) is 15.1. The van der Waals surface area contributed by atoms with Gasteiger partial charge in [0, 0.05) is 38.4 Å². The summed E-state index contributed by atoms with van der Waals surface area (Å²) < 4.78 is 5.45. The van der Waals surface area contributed by atoms with E-state index in [4.69, 9.17) is 4.74 Å². The lowest BCUT2D eigenvalue weighted by atomic mass is 9.89. The second-order valence-electron chi connectivity index (χ2n) is 6.72. The van der Waals surface area contributed by atoms with Crippen molar-refractivity contribution in [2.24, 2.45) is 5.92 Å². The predicted octanol–water partition coefficient (Wildman–Crippen LogP) is 1.73. The topological polar surface area (TPSA) is 53.6 Å². The molecule has 3 heterocycles. The molecule has 0 spiro atoms. The number of piperidine rings is 1. The number of nitrogens with zero attached hydrogens (tertiary/aromatic N) is 1. The molecule has 2 unspecified atom stereocenters. The quantitative estimate of drug-likeness (QED) is 0.816. The Morgan fingerprint density at radius 3 is 2.67 bits per heavy atom. The first-order valence-electron chi connectivity index (χ1n) is 8.69. The largest absolute Gasteiger partial charge is 0.381 e. The molecule has 0 aromatic carbocycles. The Morgan fingerprint density at radius 1 is 1.05 bits per heavy atom. The summed E-state index contributed by atoms with van der Waals surface area (Å²) >= 11 is 0. The third-order valence-corrected chi connectivity index (χ3v) is 5.27. The summed E-state index contributed by atoms with van der Waals surface area (Å²) in [6, 6.07) is 1.14. The zero-order valence-corrected chi connectivity index (χ0v) is 13.0. The number of nitrogens with one attached hydrogen (secondary N) is 2. The maximum atomic E-state index is 12.4. The van der Waals surface area contributed by atoms with Crippen LogP contribution in [0, 0.1) is 5.92 Å². The number of hydrogen-bond donors (Lipinski definition) is 2. The first-order valence-corrected chi connectivity index (χ1v) is 8.69. The molecule has 0 bridgehead atoms. The molecule has 0 saturated carbocycles. The van der Waals surface area contributed by atoms with E-state index in [0.29, 0.717) is 12.1 Å². The Balaban J connectivity index is 1.41. The van der Waals surface area contributed by atoms with Crippen LogP contribution < -0.4 is 10.6 Å². The SMILES string of the molecule is O=C(NC1CCCOCC1)N1CCC(C2CCCN2)CC1. The van der Waals surface area contributed by atoms with Crippen molar-refractivity contribution in [1.29, 1.82) is 0 Å². The fourth-order valence-corrected chi connectivity index (χ4v) is 3.93. The van der Waals surface area contributed by atoms with Crippen LogP contribution in [0.1, 0.15) is 44.9 Å². The van der Waals surface area contributed by atoms with Crippen LogP contribution in [0.25, 0.3) is 0 Å². The Kier molecular flexibility index (Phi) is 5.36. The third kappa shape index (κ3) is 4.10. The van der Waals surface area contributed by atoms with E-state index in [1.165, 1.54) is 19.4 Å². The molecule has 5 heteroatoms. The van der Waals surface area contributed by atoms with Gasteiger partial charge in [-0.15, -0.1) is 0 Å². The van der Waals surface area contributed by atoms with Gasteiger partial charge in [0.1, 0.15) is 0 Å². The predicted molar refractivity (Wildman–Crippen MR) is 82.3 cm³/mol. The lowest BCUT2D eigenvalue weighted by Gasteiger charge is -2.35. The summed E-state index contributed by atoms with van der Waals surface area (Å²) in [6.45, 7) is 4.62. The average molecular weight is 295 g/mol. The van der Waals surface area contributed by atoms with E-state index in [1.54, 1.807) is 0 Å². The van der Waals surface area contributed by atoms with Gasteiger partial charge >= 0.3 is 6.03 Å². The summed E-state index contributed by atoms with van der Waals surface area (Å²) in [5.74, 6) is 0.767. The van der Waals surface area contributed by atoms with Crippen molar-refractivity contribution in [3.63, 3.8) is 0 Å². The molecule has 3 saturated heterocycles. The molecule has 3 aliphatic heterocycles. The molecule has 120 valence electrons. The number of carbonyl (C=O) groups is 1. The van der Waals surface area contributed by atoms with Crippen LogP contribution >= 0.6 is 0 Å². The molecule has 3 rings (SSSR count). The minimum Gasteiger partial charge on any atom is -0.381 e. The van der Waals surface area contributed by atoms with Crippen molar-refractivity contribution in [1.82, 2.24) is 15.5 Å². The van der Waals surface area contributed by atoms with E-state index >= 15 is 0 Å². The zero-order chi connectivity index (χ0) is 14.5. The Bertz CT molecular complexity index is 328. The summed E-state index contributed by atoms with van der Waals surface area (Å²) in [7, 11) is 0. The molecule has 3 aliphatic rings. The number of hydrogen-bond acceptors (Lipinski definition) is 3. The molecular weight excluding hydrogens is 266 g/mol. The number of likely N-dealkylation sites (tertiary alicyclic amines) is 1. The minimum atomic E-state index is 0.139. The number of amides is 2. The van der Waals surface area contributed by atoms with Crippen LogP contribution in [0.2, 0.25) is 0 Å². The highest BCUT2D eigenvalue weighted by Crippen LogP contribution is 2.25. The first-order chi connectivity index (χ1) is 10.3. The number of ether oxygens (including phenoxy) is 1. The van der Waals surface area contributed by atoms with Crippen LogP contribution in [-0.2, 0) is 4.74 Å². The maximum Gasteiger partial charge on any atom is 0.317 e. The van der Waals surface area contributed by atoms with Gasteiger partial charge < -0.3 is 20.3 Å². The normalized spacial score (nSPS) is 31.9. The van der Waals surface area contributed by atoms with E-state index in [-0.39, 0.29) is 6.03 Å². The molecule has 2 amide bonds. The molecule has 2 atom stereocenters. The van der Waals surface area contributed by atoms with E-state index < -0.39 is 0 Å². The van der Waals surface area contributed by atoms with Crippen molar-refractivity contribution < 1.29 is 9.53 Å². The second-order valence-corrected chi connectivity index (χ2v) is 6.72. The molecule has 0 aromatic rings. The monoisotopic (exact) mass is 295 g/mol. The van der Waals surface area contributed by atoms with E-state index in [2.05, 4.69) is 10.6 Å². The standard InChI is InChI=1S/C16H29N3O2/c20-16(18-14-3-2-11-21-12-7-14)19-9-5-13(6-10-19)15-4-1-8-17-15/h13-15,17H,1-12H2,(H,18,20). The molecule has 2 N–H and O–H groups in total. The van der Waals surface area contributed by atoms with Crippen molar-refractivity contribution in [2.45, 2.75) is 57.0 Å². The van der Waals surface area contributed by atoms with Gasteiger partial charge in [-0.25, -0.2) is 4.79 Å². The van der Waals surface area contributed by atoms with Gasteiger partial charge in [0.2, 0.25) is 0 Å². The van der Waals surface area contributed by atoms with Crippen molar-refractivity contribution in [3.8, 4) is 0 Å². The highest BCUT2D eigenvalue weighted by Gasteiger charge is 2.30. The fourth-order valence-electron chi connectivity index (χ4n) is 3.93. The van der Waals surface area contributed by atoms with Gasteiger partial charge in [-0.1, -0.05) is 0 Å². The lowest BCUT2D eigenvalue weighted by Crippen LogP contribution is -2.49. The molecular formula is C16H29N3O2. The minimum absolute atomic E-state index is 0.139. The Morgan fingerprint density at radius 2 is 1.90 bits per heavy atom. The van der Waals surface area contributed by atoms with Gasteiger partial charge in [-0.2, -0.15) is 0 Å². The smallest absolute Gasteiger partial charge is 0.317 e. The molecule has 0 aliphatic carbocycles. The number of carbonyl (C=O) groups excluding carboxylic acids is 1. The zero-order valence-electron chi connectivity index (χ0n) is 13.0. The fraction of sp³-hybridized carbons (Fsp3) is 0.938. The van der Waals surface area contributed by atoms with Crippen molar-refractivity contribution in [3.05, 3.63) is 0 Å². The Hall–Kier alpha value is -0.810. The van der Waals surface area contributed by atoms with Crippen molar-refractivity contribution in [2.75, 3.05) is 32.8 Å². The van der Waals surface area contributed by atoms with Gasteiger partial charge in [-0.05, 0) is 57.4 Å². The maximum absolute atomic E-state index is 12.4. The van der Waals surface area contributed by atoms with Crippen LogP contribution in [0.15, 0.2) is 0 Å². The average Bonchev–Trinajstić information content (AvgIpc) is 2.93. The molecule has 21 heavy (non-hydrogen) atoms. The molecule has 0 aromatic heterocycles. The summed E-state index contributed by atoms with van der Waals surface area (Å²) in [6.07, 6.45) is 7.99. The van der Waals surface area contributed by atoms with E-state index in [0.717, 1.165) is 64.3 Å². The summed E-state index contributed by atoms with van der Waals surface area (Å²) in [4.78, 5) is 14.4. The number of urea groups is 1. The second kappa shape index (κ2) is 7.45. The summed E-state index contributed by atoms with van der Waals surface area (Å²) in [5.41, 5.74) is 0.